The molecule has 4 rings (SSSR count). The van der Waals surface area contributed by atoms with Gasteiger partial charge < -0.3 is 5.32 Å². The summed E-state index contributed by atoms with van der Waals surface area (Å²) in [7, 11) is 0. The Labute approximate surface area is 125 Å². The van der Waals surface area contributed by atoms with Crippen LogP contribution in [0.15, 0.2) is 41.7 Å². The summed E-state index contributed by atoms with van der Waals surface area (Å²) in [5.41, 5.74) is 4.72. The van der Waals surface area contributed by atoms with Gasteiger partial charge in [-0.05, 0) is 41.4 Å². The van der Waals surface area contributed by atoms with E-state index in [-0.39, 0.29) is 11.7 Å². The van der Waals surface area contributed by atoms with Crippen LogP contribution >= 0.6 is 0 Å². The van der Waals surface area contributed by atoms with Gasteiger partial charge in [-0.25, -0.2) is 4.98 Å². The Morgan fingerprint density at radius 2 is 2.18 bits per heavy atom. The minimum absolute atomic E-state index is 0.0215. The average molecular weight is 292 g/mol. The van der Waals surface area contributed by atoms with Crippen molar-refractivity contribution in [2.75, 3.05) is 5.32 Å². The Balaban J connectivity index is 1.95. The third-order valence-electron chi connectivity index (χ3n) is 3.91. The van der Waals surface area contributed by atoms with E-state index in [2.05, 4.69) is 15.5 Å². The second kappa shape index (κ2) is 4.49. The third kappa shape index (κ3) is 1.74. The van der Waals surface area contributed by atoms with E-state index in [9.17, 15) is 9.70 Å². The molecule has 6 nitrogen and oxygen atoms in total. The first kappa shape index (κ1) is 12.7. The second-order valence-electron chi connectivity index (χ2n) is 5.36. The molecule has 0 fully saturated rings. The van der Waals surface area contributed by atoms with E-state index in [1.54, 1.807) is 10.6 Å². The summed E-state index contributed by atoms with van der Waals surface area (Å²) in [6.07, 6.45) is 2.12. The Hall–Kier alpha value is -3.02. The number of imidazole rings is 1. The summed E-state index contributed by atoms with van der Waals surface area (Å²) in [6, 6.07) is 9.36. The van der Waals surface area contributed by atoms with Crippen LogP contribution in [0.5, 0.6) is 0 Å². The van der Waals surface area contributed by atoms with Gasteiger partial charge in [0.05, 0.1) is 6.42 Å². The highest BCUT2D eigenvalue weighted by atomic mass is 16.3. The van der Waals surface area contributed by atoms with Crippen molar-refractivity contribution in [1.82, 2.24) is 9.38 Å². The van der Waals surface area contributed by atoms with Crippen molar-refractivity contribution in [2.45, 2.75) is 13.3 Å². The lowest BCUT2D eigenvalue weighted by Crippen LogP contribution is -2.03. The highest BCUT2D eigenvalue weighted by molar-refractivity contribution is 5.99. The van der Waals surface area contributed by atoms with Crippen molar-refractivity contribution >= 4 is 23.1 Å². The number of nitrogens with zero attached hydrogens (tertiary/aromatic N) is 3. The van der Waals surface area contributed by atoms with Crippen molar-refractivity contribution in [2.24, 2.45) is 5.18 Å². The van der Waals surface area contributed by atoms with Crippen LogP contribution in [0, 0.1) is 11.8 Å². The molecule has 3 heterocycles. The van der Waals surface area contributed by atoms with E-state index >= 15 is 0 Å². The quantitative estimate of drug-likeness (QED) is 0.737. The van der Waals surface area contributed by atoms with Gasteiger partial charge in [0.1, 0.15) is 11.3 Å². The maximum absolute atomic E-state index is 11.5. The van der Waals surface area contributed by atoms with E-state index in [1.807, 2.05) is 37.3 Å². The summed E-state index contributed by atoms with van der Waals surface area (Å²) in [4.78, 5) is 27.3. The normalized spacial score (nSPS) is 13.2. The summed E-state index contributed by atoms with van der Waals surface area (Å²) >= 11 is 0. The second-order valence-corrected chi connectivity index (χ2v) is 5.36. The number of nitrogens with one attached hydrogen (secondary N) is 1. The molecule has 1 N–H and O–H groups in total. The third-order valence-corrected chi connectivity index (χ3v) is 3.91. The highest BCUT2D eigenvalue weighted by Gasteiger charge is 2.21. The number of aromatic nitrogens is 2. The van der Waals surface area contributed by atoms with Gasteiger partial charge in [0, 0.05) is 17.4 Å². The molecule has 108 valence electrons. The molecule has 0 saturated heterocycles. The van der Waals surface area contributed by atoms with Crippen molar-refractivity contribution in [3.63, 3.8) is 0 Å². The smallest absolute Gasteiger partial charge is 0.228 e. The average Bonchev–Trinajstić information content (AvgIpc) is 3.06. The fraction of sp³-hybridized carbons (Fsp3) is 0.125. The number of hydrogen-bond donors (Lipinski definition) is 1. The zero-order valence-electron chi connectivity index (χ0n) is 11.8. The SMILES string of the molecule is Cc1cccn2c(N=O)c(-c3ccc4c(c3)CC(=O)N4)nc12. The predicted molar refractivity (Wildman–Crippen MR) is 83.2 cm³/mol. The van der Waals surface area contributed by atoms with Crippen molar-refractivity contribution in [1.29, 1.82) is 0 Å². The highest BCUT2D eigenvalue weighted by Crippen LogP contribution is 2.34. The number of carbonyl (C=O) groups excluding carboxylic acids is 1. The number of amides is 1. The minimum Gasteiger partial charge on any atom is -0.326 e. The van der Waals surface area contributed by atoms with Gasteiger partial charge in [0.25, 0.3) is 0 Å². The molecule has 1 aromatic carbocycles. The van der Waals surface area contributed by atoms with E-state index < -0.39 is 0 Å². The summed E-state index contributed by atoms with van der Waals surface area (Å²) in [5, 5.41) is 5.94. The number of benzene rings is 1. The molecule has 0 aliphatic carbocycles. The van der Waals surface area contributed by atoms with E-state index in [0.29, 0.717) is 17.8 Å². The monoisotopic (exact) mass is 292 g/mol. The molecule has 6 heteroatoms. The first-order chi connectivity index (χ1) is 10.7. The van der Waals surface area contributed by atoms with Crippen LogP contribution in [0.3, 0.4) is 0 Å². The van der Waals surface area contributed by atoms with E-state index in [4.69, 9.17) is 0 Å². The lowest BCUT2D eigenvalue weighted by molar-refractivity contribution is -0.115. The van der Waals surface area contributed by atoms with Gasteiger partial charge >= 0.3 is 0 Å². The molecule has 0 atom stereocenters. The number of pyridine rings is 1. The van der Waals surface area contributed by atoms with Crippen molar-refractivity contribution in [3.8, 4) is 11.3 Å². The number of rotatable bonds is 2. The molecule has 1 aliphatic rings. The van der Waals surface area contributed by atoms with Gasteiger partial charge in [-0.15, -0.1) is 4.91 Å². The van der Waals surface area contributed by atoms with E-state index in [0.717, 1.165) is 22.4 Å². The van der Waals surface area contributed by atoms with Gasteiger partial charge in [-0.3, -0.25) is 9.20 Å². The Morgan fingerprint density at radius 1 is 1.32 bits per heavy atom. The minimum atomic E-state index is -0.0215. The zero-order chi connectivity index (χ0) is 15.3. The maximum atomic E-state index is 11.5. The standard InChI is InChI=1S/C16H12N4O2/c1-9-3-2-6-20-15(9)18-14(16(20)19-22)10-4-5-12-11(7-10)8-13(21)17-12/h2-7H,8H2,1H3,(H,17,21). The summed E-state index contributed by atoms with van der Waals surface area (Å²) < 4.78 is 1.69. The molecule has 0 radical (unpaired) electrons. The molecule has 0 bridgehead atoms. The lowest BCUT2D eigenvalue weighted by atomic mass is 10.1. The van der Waals surface area contributed by atoms with Crippen LogP contribution < -0.4 is 5.32 Å². The van der Waals surface area contributed by atoms with Crippen LogP contribution in [-0.2, 0) is 11.2 Å². The number of carbonyl (C=O) groups is 1. The maximum Gasteiger partial charge on any atom is 0.228 e. The molecule has 0 unspecified atom stereocenters. The van der Waals surface area contributed by atoms with Gasteiger partial charge in [-0.2, -0.15) is 0 Å². The summed E-state index contributed by atoms with van der Waals surface area (Å²) in [6.45, 7) is 1.94. The van der Waals surface area contributed by atoms with Crippen LogP contribution in [0.2, 0.25) is 0 Å². The molecule has 22 heavy (non-hydrogen) atoms. The Morgan fingerprint density at radius 3 is 3.00 bits per heavy atom. The summed E-state index contributed by atoms with van der Waals surface area (Å²) in [5.74, 6) is 0.252. The van der Waals surface area contributed by atoms with Crippen LogP contribution in [0.4, 0.5) is 11.5 Å². The number of nitroso groups, excluding NO2 is 1. The topological polar surface area (TPSA) is 75.8 Å². The molecule has 0 spiro atoms. The van der Waals surface area contributed by atoms with Gasteiger partial charge in [-0.1, -0.05) is 12.1 Å². The largest absolute Gasteiger partial charge is 0.326 e. The lowest BCUT2D eigenvalue weighted by Gasteiger charge is -2.02. The Kier molecular flexibility index (Phi) is 2.59. The number of aryl methyl sites for hydroxylation is 1. The van der Waals surface area contributed by atoms with Crippen LogP contribution in [0.1, 0.15) is 11.1 Å². The first-order valence-electron chi connectivity index (χ1n) is 6.91. The molecule has 1 aliphatic heterocycles. The predicted octanol–water partition coefficient (Wildman–Crippen LogP) is 3.20. The molecule has 3 aromatic rings. The molecular weight excluding hydrogens is 280 g/mol. The van der Waals surface area contributed by atoms with Crippen LogP contribution in [-0.4, -0.2) is 15.3 Å². The van der Waals surface area contributed by atoms with Gasteiger partial charge in [0.15, 0.2) is 0 Å². The van der Waals surface area contributed by atoms with Crippen molar-refractivity contribution < 1.29 is 4.79 Å². The number of hydrogen-bond acceptors (Lipinski definition) is 4. The van der Waals surface area contributed by atoms with Gasteiger partial charge in [0.2, 0.25) is 11.7 Å². The molecule has 0 saturated carbocycles. The number of anilines is 1. The zero-order valence-corrected chi connectivity index (χ0v) is 11.8. The fourth-order valence-corrected chi connectivity index (χ4v) is 2.85. The Bertz CT molecular complexity index is 943. The fourth-order valence-electron chi connectivity index (χ4n) is 2.85. The van der Waals surface area contributed by atoms with E-state index in [1.165, 1.54) is 0 Å². The van der Waals surface area contributed by atoms with Crippen LogP contribution in [0.25, 0.3) is 16.9 Å². The first-order valence-corrected chi connectivity index (χ1v) is 6.91. The number of fused-ring (bicyclic) bond motifs is 2. The molecular formula is C16H12N4O2. The molecule has 2 aromatic heterocycles. The van der Waals surface area contributed by atoms with Crippen molar-refractivity contribution in [3.05, 3.63) is 52.6 Å². The molecule has 1 amide bonds.